The van der Waals surface area contributed by atoms with Crippen LogP contribution in [0.3, 0.4) is 0 Å². The van der Waals surface area contributed by atoms with Crippen LogP contribution in [-0.2, 0) is 22.4 Å². The second kappa shape index (κ2) is 13.0. The van der Waals surface area contributed by atoms with Gasteiger partial charge in [-0.15, -0.1) is 0 Å². The maximum Gasteiger partial charge on any atom is 0.328 e. The zero-order chi connectivity index (χ0) is 26.0. The number of allylic oxidation sites excluding steroid dienone is 1. The van der Waals surface area contributed by atoms with Crippen LogP contribution in [0, 0.1) is 5.41 Å². The van der Waals surface area contributed by atoms with E-state index < -0.39 is 11.4 Å². The summed E-state index contributed by atoms with van der Waals surface area (Å²) in [7, 11) is 1.53. The standard InChI is InChI=1S/C29H39NO5/c1-7-20-11-12-21(8-2)25(17-20)35-16-10-15-29(4,5)28(33)30-23-13-14-24(26(19-23)34-6)22(9-3)18-27(31)32/h11-14,17-19H,7-10,15-16H2,1-6H3,(H,30,33)(H,31,32). The van der Waals surface area contributed by atoms with Crippen LogP contribution in [-0.4, -0.2) is 30.7 Å². The van der Waals surface area contributed by atoms with Crippen molar-refractivity contribution in [3.8, 4) is 11.5 Å². The second-order valence-corrected chi connectivity index (χ2v) is 9.22. The highest BCUT2D eigenvalue weighted by Crippen LogP contribution is 2.32. The zero-order valence-electron chi connectivity index (χ0n) is 21.9. The van der Waals surface area contributed by atoms with Gasteiger partial charge in [-0.25, -0.2) is 4.79 Å². The first-order chi connectivity index (χ1) is 16.6. The highest BCUT2D eigenvalue weighted by Gasteiger charge is 2.27. The third-order valence-electron chi connectivity index (χ3n) is 6.22. The molecule has 190 valence electrons. The van der Waals surface area contributed by atoms with Crippen molar-refractivity contribution >= 4 is 23.1 Å². The summed E-state index contributed by atoms with van der Waals surface area (Å²) in [6.07, 6.45) is 5.04. The summed E-state index contributed by atoms with van der Waals surface area (Å²) in [5, 5.41) is 12.1. The average Bonchev–Trinajstić information content (AvgIpc) is 2.84. The number of rotatable bonds is 13. The maximum absolute atomic E-state index is 13.0. The van der Waals surface area contributed by atoms with Gasteiger partial charge in [0, 0.05) is 28.8 Å². The molecule has 2 aromatic carbocycles. The number of anilines is 1. The fraction of sp³-hybridized carbons (Fsp3) is 0.448. The highest BCUT2D eigenvalue weighted by atomic mass is 16.5. The van der Waals surface area contributed by atoms with E-state index in [2.05, 4.69) is 37.4 Å². The van der Waals surface area contributed by atoms with Gasteiger partial charge >= 0.3 is 5.97 Å². The van der Waals surface area contributed by atoms with Gasteiger partial charge in [-0.3, -0.25) is 4.79 Å². The molecule has 0 atom stereocenters. The quantitative estimate of drug-likeness (QED) is 0.251. The molecule has 35 heavy (non-hydrogen) atoms. The lowest BCUT2D eigenvalue weighted by atomic mass is 9.86. The van der Waals surface area contributed by atoms with E-state index in [9.17, 15) is 9.59 Å². The van der Waals surface area contributed by atoms with Crippen molar-refractivity contribution in [1.82, 2.24) is 0 Å². The molecular formula is C29H39NO5. The van der Waals surface area contributed by atoms with Crippen LogP contribution in [0.2, 0.25) is 0 Å². The number of aliphatic carboxylic acids is 1. The number of benzene rings is 2. The van der Waals surface area contributed by atoms with Gasteiger partial charge in [-0.1, -0.05) is 46.8 Å². The first-order valence-electron chi connectivity index (χ1n) is 12.3. The van der Waals surface area contributed by atoms with Crippen LogP contribution in [0.25, 0.3) is 5.57 Å². The molecule has 0 saturated heterocycles. The van der Waals surface area contributed by atoms with Crippen LogP contribution < -0.4 is 14.8 Å². The molecule has 6 nitrogen and oxygen atoms in total. The third-order valence-corrected chi connectivity index (χ3v) is 6.22. The van der Waals surface area contributed by atoms with E-state index in [1.807, 2.05) is 20.8 Å². The second-order valence-electron chi connectivity index (χ2n) is 9.22. The molecule has 0 saturated carbocycles. The Morgan fingerprint density at radius 1 is 1.03 bits per heavy atom. The number of carboxylic acid groups (broad SMARTS) is 1. The molecule has 1 amide bonds. The Hall–Kier alpha value is -3.28. The van der Waals surface area contributed by atoms with E-state index in [1.165, 1.54) is 24.3 Å². The minimum atomic E-state index is -1.00. The summed E-state index contributed by atoms with van der Waals surface area (Å²) in [5.74, 6) is 0.358. The van der Waals surface area contributed by atoms with Gasteiger partial charge in [-0.2, -0.15) is 0 Å². The smallest absolute Gasteiger partial charge is 0.328 e. The molecule has 2 aromatic rings. The number of carbonyl (C=O) groups is 2. The maximum atomic E-state index is 13.0. The number of carboxylic acids is 1. The lowest BCUT2D eigenvalue weighted by Crippen LogP contribution is -2.31. The van der Waals surface area contributed by atoms with Crippen molar-refractivity contribution < 1.29 is 24.2 Å². The molecule has 0 aliphatic rings. The largest absolute Gasteiger partial charge is 0.496 e. The molecular weight excluding hydrogens is 442 g/mol. The van der Waals surface area contributed by atoms with Crippen molar-refractivity contribution in [2.45, 2.75) is 66.7 Å². The van der Waals surface area contributed by atoms with Gasteiger partial charge in [0.25, 0.3) is 0 Å². The Balaban J connectivity index is 2.01. The number of nitrogens with one attached hydrogen (secondary N) is 1. The van der Waals surface area contributed by atoms with Crippen LogP contribution in [0.5, 0.6) is 11.5 Å². The first kappa shape index (κ1) is 28.0. The van der Waals surface area contributed by atoms with Crippen LogP contribution in [0.15, 0.2) is 42.5 Å². The molecule has 6 heteroatoms. The lowest BCUT2D eigenvalue weighted by molar-refractivity contribution is -0.131. The molecule has 0 aromatic heterocycles. The Labute approximate surface area is 209 Å². The van der Waals surface area contributed by atoms with Crippen molar-refractivity contribution in [1.29, 1.82) is 0 Å². The molecule has 0 spiro atoms. The van der Waals surface area contributed by atoms with Gasteiger partial charge in [0.1, 0.15) is 11.5 Å². The van der Waals surface area contributed by atoms with E-state index in [1.54, 1.807) is 18.2 Å². The van der Waals surface area contributed by atoms with E-state index in [0.717, 1.165) is 25.0 Å². The number of aryl methyl sites for hydroxylation is 2. The Morgan fingerprint density at radius 2 is 1.77 bits per heavy atom. The summed E-state index contributed by atoms with van der Waals surface area (Å²) >= 11 is 0. The van der Waals surface area contributed by atoms with E-state index in [-0.39, 0.29) is 5.91 Å². The topological polar surface area (TPSA) is 84.9 Å². The third kappa shape index (κ3) is 7.88. The van der Waals surface area contributed by atoms with Crippen molar-refractivity contribution in [3.63, 3.8) is 0 Å². The molecule has 2 rings (SSSR count). The Kier molecular flexibility index (Phi) is 10.4. The van der Waals surface area contributed by atoms with Gasteiger partial charge in [0.15, 0.2) is 0 Å². The average molecular weight is 482 g/mol. The fourth-order valence-electron chi connectivity index (χ4n) is 3.91. The first-order valence-corrected chi connectivity index (χ1v) is 12.3. The molecule has 0 bridgehead atoms. The van der Waals surface area contributed by atoms with Crippen LogP contribution in [0.4, 0.5) is 5.69 Å². The summed E-state index contributed by atoms with van der Waals surface area (Å²) < 4.78 is 11.5. The van der Waals surface area contributed by atoms with Gasteiger partial charge in [-0.05, 0) is 67.0 Å². The van der Waals surface area contributed by atoms with Crippen molar-refractivity contribution in [3.05, 3.63) is 59.2 Å². The summed E-state index contributed by atoms with van der Waals surface area (Å²) in [5.41, 5.74) is 3.82. The number of hydrogen-bond acceptors (Lipinski definition) is 4. The minimum absolute atomic E-state index is 0.0914. The van der Waals surface area contributed by atoms with E-state index in [0.29, 0.717) is 42.0 Å². The monoisotopic (exact) mass is 481 g/mol. The van der Waals surface area contributed by atoms with E-state index in [4.69, 9.17) is 14.6 Å². The number of amides is 1. The molecule has 0 aliphatic carbocycles. The summed E-state index contributed by atoms with van der Waals surface area (Å²) in [6.45, 7) is 10.5. The minimum Gasteiger partial charge on any atom is -0.496 e. The van der Waals surface area contributed by atoms with Crippen LogP contribution >= 0.6 is 0 Å². The molecule has 0 heterocycles. The normalized spacial score (nSPS) is 11.8. The predicted octanol–water partition coefficient (Wildman–Crippen LogP) is 6.52. The fourth-order valence-corrected chi connectivity index (χ4v) is 3.91. The van der Waals surface area contributed by atoms with Crippen molar-refractivity contribution in [2.24, 2.45) is 5.41 Å². The summed E-state index contributed by atoms with van der Waals surface area (Å²) in [6, 6.07) is 11.7. The summed E-state index contributed by atoms with van der Waals surface area (Å²) in [4.78, 5) is 24.2. The molecule has 0 aliphatic heterocycles. The number of hydrogen-bond donors (Lipinski definition) is 2. The van der Waals surface area contributed by atoms with Gasteiger partial charge < -0.3 is 19.9 Å². The molecule has 0 radical (unpaired) electrons. The van der Waals surface area contributed by atoms with Crippen LogP contribution in [0.1, 0.15) is 70.6 Å². The number of carbonyl (C=O) groups excluding carboxylic acids is 1. The number of methoxy groups -OCH3 is 1. The Morgan fingerprint density at radius 3 is 2.37 bits per heavy atom. The molecule has 0 fully saturated rings. The van der Waals surface area contributed by atoms with E-state index >= 15 is 0 Å². The Bertz CT molecular complexity index is 1060. The van der Waals surface area contributed by atoms with Gasteiger partial charge in [0.05, 0.1) is 13.7 Å². The van der Waals surface area contributed by atoms with Crippen molar-refractivity contribution in [2.75, 3.05) is 19.0 Å². The molecule has 2 N–H and O–H groups in total. The SMILES string of the molecule is CCC(=CC(=O)O)c1ccc(NC(=O)C(C)(C)CCCOc2cc(CC)ccc2CC)cc1OC. The highest BCUT2D eigenvalue weighted by molar-refractivity contribution is 5.96. The molecule has 0 unspecified atom stereocenters. The van der Waals surface area contributed by atoms with Gasteiger partial charge in [0.2, 0.25) is 5.91 Å². The zero-order valence-corrected chi connectivity index (χ0v) is 21.9. The predicted molar refractivity (Wildman–Crippen MR) is 141 cm³/mol. The lowest BCUT2D eigenvalue weighted by Gasteiger charge is -2.24. The number of ether oxygens (including phenoxy) is 2.